The van der Waals surface area contributed by atoms with Crippen LogP contribution >= 0.6 is 0 Å². The maximum Gasteiger partial charge on any atom is 0.340 e. The molecule has 0 radical (unpaired) electrons. The van der Waals surface area contributed by atoms with Gasteiger partial charge in [-0.05, 0) is 0 Å². The van der Waals surface area contributed by atoms with Crippen molar-refractivity contribution in [2.24, 2.45) is 0 Å². The third kappa shape index (κ3) is 2.62. The van der Waals surface area contributed by atoms with Crippen LogP contribution in [0.3, 0.4) is 0 Å². The van der Waals surface area contributed by atoms with E-state index in [1.54, 1.807) is 0 Å². The summed E-state index contributed by atoms with van der Waals surface area (Å²) < 4.78 is 59.2. The second kappa shape index (κ2) is 4.60. The lowest BCUT2D eigenvalue weighted by molar-refractivity contribution is -0.247. The van der Waals surface area contributed by atoms with E-state index in [2.05, 4.69) is 0 Å². The molecule has 1 rings (SSSR count). The topological polar surface area (TPSA) is 196 Å². The zero-order valence-corrected chi connectivity index (χ0v) is 9.97. The van der Waals surface area contributed by atoms with Gasteiger partial charge in [0.1, 0.15) is 0 Å². The molecule has 0 amide bonds. The Hall–Kier alpha value is -0.420. The molecule has 1 heterocycles. The molecule has 1 aliphatic rings. The van der Waals surface area contributed by atoms with E-state index in [1.165, 1.54) is 0 Å². The van der Waals surface area contributed by atoms with Crippen LogP contribution in [0.1, 0.15) is 0 Å². The second-order valence-corrected chi connectivity index (χ2v) is 5.90. The smallest absolute Gasteiger partial charge is 0.340 e. The Kier molecular flexibility index (Phi) is 4.00. The highest BCUT2D eigenvalue weighted by Gasteiger charge is 2.54. The summed E-state index contributed by atoms with van der Waals surface area (Å²) in [6.45, 7) is 0. The molecule has 14 heteroatoms. The van der Waals surface area contributed by atoms with E-state index in [-0.39, 0.29) is 0 Å². The van der Waals surface area contributed by atoms with Gasteiger partial charge in [0.25, 0.3) is 0 Å². The molecule has 0 aromatic heterocycles. The van der Waals surface area contributed by atoms with Gasteiger partial charge in [-0.3, -0.25) is 9.11 Å². The molecule has 6 N–H and O–H groups in total. The third-order valence-corrected chi connectivity index (χ3v) is 4.04. The van der Waals surface area contributed by atoms with Crippen LogP contribution in [0, 0.1) is 0 Å². The first-order valence-electron chi connectivity index (χ1n) is 4.13. The van der Waals surface area contributed by atoms with Crippen molar-refractivity contribution in [1.29, 1.82) is 0 Å². The minimum atomic E-state index is -5.25. The summed E-state index contributed by atoms with van der Waals surface area (Å²) in [5.41, 5.74) is 0. The number of rotatable bonds is 2. The highest BCUT2D eigenvalue weighted by molar-refractivity contribution is 7.83. The van der Waals surface area contributed by atoms with Gasteiger partial charge in [0.05, 0.1) is 0 Å². The van der Waals surface area contributed by atoms with Crippen molar-refractivity contribution in [3.8, 4) is 0 Å². The van der Waals surface area contributed by atoms with Gasteiger partial charge in [0, 0.05) is 0 Å². The fourth-order valence-electron chi connectivity index (χ4n) is 1.38. The number of aliphatic hydroxyl groups excluding tert-OH is 4. The van der Waals surface area contributed by atoms with Crippen LogP contribution in [0.4, 0.5) is 0 Å². The maximum absolute atomic E-state index is 10.8. The summed E-state index contributed by atoms with van der Waals surface area (Å²) in [4.78, 5) is 0. The number of nitrogens with zero attached hydrogens (tertiary/aromatic N) is 2. The molecular formula is C4H10N2O10S2. The van der Waals surface area contributed by atoms with Crippen LogP contribution in [0.2, 0.25) is 0 Å². The standard InChI is InChI=1S/C4H10N2O10S2/c7-1-2(8)6(18(14,15)16)4(10)3(9)5(1)17(11,12)13/h1-4,7-10H,(H,11,12,13)(H,14,15,16)/t1-,2+,3+,4-. The first kappa shape index (κ1) is 15.6. The minimum Gasteiger partial charge on any atom is -0.373 e. The molecule has 0 aliphatic carbocycles. The zero-order chi connectivity index (χ0) is 14.5. The van der Waals surface area contributed by atoms with E-state index in [1.807, 2.05) is 0 Å². The summed E-state index contributed by atoms with van der Waals surface area (Å²) >= 11 is 0. The van der Waals surface area contributed by atoms with Gasteiger partial charge in [0.15, 0.2) is 24.9 Å². The van der Waals surface area contributed by atoms with Crippen molar-refractivity contribution in [3.63, 3.8) is 0 Å². The molecule has 12 nitrogen and oxygen atoms in total. The normalized spacial score (nSPS) is 36.8. The monoisotopic (exact) mass is 310 g/mol. The summed E-state index contributed by atoms with van der Waals surface area (Å²) in [6.07, 6.45) is -10.6. The van der Waals surface area contributed by atoms with E-state index in [0.29, 0.717) is 0 Å². The quantitative estimate of drug-likeness (QED) is 0.270. The predicted octanol–water partition coefficient (Wildman–Crippen LogP) is -4.52. The molecule has 0 aromatic rings. The SMILES string of the molecule is O=S(=O)(O)N1[C@H](O)[C@H](O)N(S(=O)(=O)O)[C@H](O)[C@@H]1O. The lowest BCUT2D eigenvalue weighted by Gasteiger charge is -2.44. The highest BCUT2D eigenvalue weighted by atomic mass is 32.2. The summed E-state index contributed by atoms with van der Waals surface area (Å²) in [7, 11) is -10.5. The van der Waals surface area contributed by atoms with Gasteiger partial charge in [-0.15, -0.1) is 8.61 Å². The molecule has 18 heavy (non-hydrogen) atoms. The van der Waals surface area contributed by atoms with Gasteiger partial charge >= 0.3 is 20.6 Å². The Balaban J connectivity index is 3.28. The fraction of sp³-hybridized carbons (Fsp3) is 1.00. The van der Waals surface area contributed by atoms with E-state index in [4.69, 9.17) is 9.11 Å². The van der Waals surface area contributed by atoms with Crippen LogP contribution in [-0.4, -0.2) is 79.9 Å². The van der Waals surface area contributed by atoms with Gasteiger partial charge in [-0.2, -0.15) is 16.8 Å². The molecule has 108 valence electrons. The first-order valence-corrected chi connectivity index (χ1v) is 6.92. The molecule has 1 aliphatic heterocycles. The average molecular weight is 310 g/mol. The Morgan fingerprint density at radius 3 is 0.889 bits per heavy atom. The minimum absolute atomic E-state index is 0.538. The lowest BCUT2D eigenvalue weighted by atomic mass is 10.3. The molecule has 0 bridgehead atoms. The van der Waals surface area contributed by atoms with E-state index in [0.717, 1.165) is 0 Å². The molecular weight excluding hydrogens is 300 g/mol. The zero-order valence-electron chi connectivity index (χ0n) is 8.34. The highest BCUT2D eigenvalue weighted by Crippen LogP contribution is 2.26. The van der Waals surface area contributed by atoms with E-state index < -0.39 is 54.1 Å². The van der Waals surface area contributed by atoms with Crippen molar-refractivity contribution >= 4 is 20.6 Å². The van der Waals surface area contributed by atoms with Crippen molar-refractivity contribution in [2.75, 3.05) is 0 Å². The molecule has 1 fully saturated rings. The lowest BCUT2D eigenvalue weighted by Crippen LogP contribution is -2.70. The van der Waals surface area contributed by atoms with Crippen molar-refractivity contribution in [2.45, 2.75) is 24.9 Å². The summed E-state index contributed by atoms with van der Waals surface area (Å²) in [5, 5.41) is 37.0. The molecule has 0 spiro atoms. The average Bonchev–Trinajstić information content (AvgIpc) is 2.10. The van der Waals surface area contributed by atoms with Crippen LogP contribution in [0.5, 0.6) is 0 Å². The maximum atomic E-state index is 10.8. The Bertz CT molecular complexity index is 450. The van der Waals surface area contributed by atoms with Gasteiger partial charge in [-0.25, -0.2) is 0 Å². The Labute approximate surface area is 101 Å². The Morgan fingerprint density at radius 2 is 0.778 bits per heavy atom. The van der Waals surface area contributed by atoms with Crippen LogP contribution in [-0.2, 0) is 20.6 Å². The predicted molar refractivity (Wildman–Crippen MR) is 50.8 cm³/mol. The molecule has 1 saturated heterocycles. The van der Waals surface area contributed by atoms with Gasteiger partial charge in [0.2, 0.25) is 0 Å². The van der Waals surface area contributed by atoms with Gasteiger partial charge in [-0.1, -0.05) is 0 Å². The van der Waals surface area contributed by atoms with Crippen LogP contribution in [0.25, 0.3) is 0 Å². The second-order valence-electron chi connectivity index (χ2n) is 3.27. The first-order chi connectivity index (χ1) is 7.89. The van der Waals surface area contributed by atoms with Crippen LogP contribution in [0.15, 0.2) is 0 Å². The molecule has 0 aromatic carbocycles. The number of hydrogen-bond acceptors (Lipinski definition) is 8. The fourth-order valence-corrected chi connectivity index (χ4v) is 2.91. The van der Waals surface area contributed by atoms with Gasteiger partial charge < -0.3 is 20.4 Å². The third-order valence-electron chi connectivity index (χ3n) is 2.11. The summed E-state index contributed by atoms with van der Waals surface area (Å²) in [5.74, 6) is 0. The Morgan fingerprint density at radius 1 is 0.611 bits per heavy atom. The van der Waals surface area contributed by atoms with Crippen molar-refractivity contribution in [1.82, 2.24) is 8.61 Å². The number of piperazine rings is 1. The molecule has 0 unspecified atom stereocenters. The van der Waals surface area contributed by atoms with Crippen molar-refractivity contribution < 1.29 is 46.4 Å². The number of aliphatic hydroxyl groups is 4. The van der Waals surface area contributed by atoms with Crippen molar-refractivity contribution in [3.05, 3.63) is 0 Å². The molecule has 4 atom stereocenters. The van der Waals surface area contributed by atoms with E-state index >= 15 is 0 Å². The molecule has 0 saturated carbocycles. The number of hydrogen-bond donors (Lipinski definition) is 6. The summed E-state index contributed by atoms with van der Waals surface area (Å²) in [6, 6.07) is 0. The van der Waals surface area contributed by atoms with Crippen LogP contribution < -0.4 is 0 Å². The largest absolute Gasteiger partial charge is 0.373 e. The van der Waals surface area contributed by atoms with E-state index in [9.17, 15) is 37.3 Å².